The fourth-order valence-corrected chi connectivity index (χ4v) is 2.05. The summed E-state index contributed by atoms with van der Waals surface area (Å²) in [7, 11) is 0. The molecule has 98 valence electrons. The van der Waals surface area contributed by atoms with Crippen molar-refractivity contribution in [1.29, 1.82) is 5.26 Å². The Morgan fingerprint density at radius 3 is 3.05 bits per heavy atom. The van der Waals surface area contributed by atoms with Gasteiger partial charge in [0, 0.05) is 12.4 Å². The van der Waals surface area contributed by atoms with Crippen molar-refractivity contribution >= 4 is 11.6 Å². The Kier molecular flexibility index (Phi) is 3.01. The first-order chi connectivity index (χ1) is 9.78. The fraction of sp³-hybridized carbons (Fsp3) is 0.143. The molecule has 1 atom stereocenters. The lowest BCUT2D eigenvalue weighted by Crippen LogP contribution is -2.25. The molecule has 1 N–H and O–H groups in total. The molecule has 3 rings (SSSR count). The van der Waals surface area contributed by atoms with Gasteiger partial charge >= 0.3 is 0 Å². The second kappa shape index (κ2) is 4.97. The molecule has 2 heterocycles. The number of hydrogen-bond donors (Lipinski definition) is 1. The molecular formula is C14H10N4O2. The minimum atomic E-state index is -0.534. The number of ether oxygens (including phenoxy) is 1. The molecule has 1 aromatic carbocycles. The van der Waals surface area contributed by atoms with E-state index in [1.807, 2.05) is 0 Å². The maximum Gasteiger partial charge on any atom is 0.262 e. The normalized spacial score (nSPS) is 14.4. The quantitative estimate of drug-likeness (QED) is 0.889. The fourth-order valence-electron chi connectivity index (χ4n) is 2.05. The third-order valence-corrected chi connectivity index (χ3v) is 2.98. The highest BCUT2D eigenvalue weighted by Crippen LogP contribution is 2.32. The largest absolute Gasteiger partial charge is 0.482 e. The Morgan fingerprint density at radius 2 is 2.30 bits per heavy atom. The van der Waals surface area contributed by atoms with E-state index in [0.717, 1.165) is 5.56 Å². The number of rotatable bonds is 2. The van der Waals surface area contributed by atoms with Crippen LogP contribution in [-0.4, -0.2) is 22.5 Å². The number of fused-ring (bicyclic) bond motifs is 1. The Labute approximate surface area is 115 Å². The molecule has 1 aliphatic heterocycles. The van der Waals surface area contributed by atoms with Crippen molar-refractivity contribution in [3.8, 4) is 11.8 Å². The summed E-state index contributed by atoms with van der Waals surface area (Å²) in [5, 5.41) is 12.1. The van der Waals surface area contributed by atoms with Crippen molar-refractivity contribution in [3.05, 3.63) is 48.0 Å². The number of carbonyl (C=O) groups excluding carboxylic acids is 1. The zero-order valence-corrected chi connectivity index (χ0v) is 10.4. The Bertz CT molecular complexity index is 694. The minimum absolute atomic E-state index is 0.0121. The zero-order chi connectivity index (χ0) is 13.9. The lowest BCUT2D eigenvalue weighted by Gasteiger charge is -2.19. The molecule has 20 heavy (non-hydrogen) atoms. The Hall–Kier alpha value is -2.94. The van der Waals surface area contributed by atoms with E-state index < -0.39 is 5.92 Å². The Morgan fingerprint density at radius 1 is 1.40 bits per heavy atom. The number of anilines is 1. The van der Waals surface area contributed by atoms with E-state index >= 15 is 0 Å². The van der Waals surface area contributed by atoms with Gasteiger partial charge in [-0.25, -0.2) is 0 Å². The molecule has 0 fully saturated rings. The lowest BCUT2D eigenvalue weighted by molar-refractivity contribution is -0.118. The SMILES string of the molecule is N#CC(c1ccc2c(c1)NC(=O)CO2)c1cnccn1. The highest BCUT2D eigenvalue weighted by Gasteiger charge is 2.20. The van der Waals surface area contributed by atoms with E-state index in [2.05, 4.69) is 21.4 Å². The number of amides is 1. The van der Waals surface area contributed by atoms with Crippen LogP contribution in [0.15, 0.2) is 36.8 Å². The molecule has 6 nitrogen and oxygen atoms in total. The second-order valence-corrected chi connectivity index (χ2v) is 4.28. The minimum Gasteiger partial charge on any atom is -0.482 e. The van der Waals surface area contributed by atoms with Crippen LogP contribution in [0.2, 0.25) is 0 Å². The zero-order valence-electron chi connectivity index (χ0n) is 10.4. The standard InChI is InChI=1S/C14H10N4O2/c15-6-10(12-7-16-3-4-17-12)9-1-2-13-11(5-9)18-14(19)8-20-13/h1-5,7,10H,8H2,(H,18,19). The summed E-state index contributed by atoms with van der Waals surface area (Å²) in [6.45, 7) is 0.0121. The van der Waals surface area contributed by atoms with Crippen LogP contribution >= 0.6 is 0 Å². The first kappa shape index (κ1) is 12.1. The van der Waals surface area contributed by atoms with E-state index in [4.69, 9.17) is 4.74 Å². The highest BCUT2D eigenvalue weighted by molar-refractivity contribution is 5.95. The topological polar surface area (TPSA) is 87.9 Å². The average molecular weight is 266 g/mol. The number of nitrogens with one attached hydrogen (secondary N) is 1. The van der Waals surface area contributed by atoms with Gasteiger partial charge in [-0.15, -0.1) is 0 Å². The average Bonchev–Trinajstić information content (AvgIpc) is 2.49. The van der Waals surface area contributed by atoms with Crippen LogP contribution in [0.25, 0.3) is 0 Å². The van der Waals surface area contributed by atoms with Crippen molar-refractivity contribution in [2.45, 2.75) is 5.92 Å². The summed E-state index contributed by atoms with van der Waals surface area (Å²) in [5.41, 5.74) is 1.87. The van der Waals surface area contributed by atoms with Crippen molar-refractivity contribution in [3.63, 3.8) is 0 Å². The first-order valence-corrected chi connectivity index (χ1v) is 6.00. The van der Waals surface area contributed by atoms with Gasteiger partial charge < -0.3 is 10.1 Å². The van der Waals surface area contributed by atoms with Crippen molar-refractivity contribution in [1.82, 2.24) is 9.97 Å². The number of hydrogen-bond acceptors (Lipinski definition) is 5. The second-order valence-electron chi connectivity index (χ2n) is 4.28. The van der Waals surface area contributed by atoms with Gasteiger partial charge in [0.2, 0.25) is 0 Å². The molecular weight excluding hydrogens is 256 g/mol. The number of aromatic nitrogens is 2. The van der Waals surface area contributed by atoms with E-state index in [-0.39, 0.29) is 12.5 Å². The lowest BCUT2D eigenvalue weighted by atomic mass is 9.96. The van der Waals surface area contributed by atoms with E-state index in [9.17, 15) is 10.1 Å². The molecule has 0 bridgehead atoms. The maximum absolute atomic E-state index is 11.3. The van der Waals surface area contributed by atoms with Gasteiger partial charge in [0.25, 0.3) is 5.91 Å². The smallest absolute Gasteiger partial charge is 0.262 e. The van der Waals surface area contributed by atoms with Crippen LogP contribution < -0.4 is 10.1 Å². The number of nitriles is 1. The summed E-state index contributed by atoms with van der Waals surface area (Å²) in [4.78, 5) is 19.4. The van der Waals surface area contributed by atoms with Crippen molar-refractivity contribution < 1.29 is 9.53 Å². The van der Waals surface area contributed by atoms with Crippen LogP contribution in [0.1, 0.15) is 17.2 Å². The summed E-state index contributed by atoms with van der Waals surface area (Å²) in [6.07, 6.45) is 4.66. The van der Waals surface area contributed by atoms with Gasteiger partial charge in [-0.05, 0) is 17.7 Å². The predicted octanol–water partition coefficient (Wildman–Crippen LogP) is 1.46. The molecule has 0 radical (unpaired) electrons. The van der Waals surface area contributed by atoms with E-state index in [1.165, 1.54) is 0 Å². The van der Waals surface area contributed by atoms with Crippen molar-refractivity contribution in [2.75, 3.05) is 11.9 Å². The molecule has 1 aliphatic rings. The summed E-state index contributed by atoms with van der Waals surface area (Å²) < 4.78 is 5.29. The molecule has 0 aliphatic carbocycles. The van der Waals surface area contributed by atoms with E-state index in [0.29, 0.717) is 17.1 Å². The first-order valence-electron chi connectivity index (χ1n) is 6.00. The molecule has 1 unspecified atom stereocenters. The van der Waals surface area contributed by atoms with Gasteiger partial charge in [0.05, 0.1) is 23.6 Å². The molecule has 6 heteroatoms. The van der Waals surface area contributed by atoms with Crippen LogP contribution in [0.5, 0.6) is 5.75 Å². The molecule has 2 aromatic rings. The van der Waals surface area contributed by atoms with Gasteiger partial charge in [0.1, 0.15) is 11.7 Å². The monoisotopic (exact) mass is 266 g/mol. The third kappa shape index (κ3) is 2.17. The molecule has 1 amide bonds. The van der Waals surface area contributed by atoms with Crippen molar-refractivity contribution in [2.24, 2.45) is 0 Å². The molecule has 0 saturated carbocycles. The highest BCUT2D eigenvalue weighted by atomic mass is 16.5. The number of carbonyl (C=O) groups is 1. The molecule has 0 spiro atoms. The Balaban J connectivity index is 2.00. The molecule has 0 saturated heterocycles. The van der Waals surface area contributed by atoms with Crippen LogP contribution in [-0.2, 0) is 4.79 Å². The third-order valence-electron chi connectivity index (χ3n) is 2.98. The number of nitrogens with zero attached hydrogens (tertiary/aromatic N) is 3. The maximum atomic E-state index is 11.3. The van der Waals surface area contributed by atoms with Gasteiger partial charge in [-0.2, -0.15) is 5.26 Å². The summed E-state index contributed by atoms with van der Waals surface area (Å²) in [6, 6.07) is 7.46. The van der Waals surface area contributed by atoms with Crippen LogP contribution in [0.3, 0.4) is 0 Å². The summed E-state index contributed by atoms with van der Waals surface area (Å²) >= 11 is 0. The van der Waals surface area contributed by atoms with Gasteiger partial charge in [-0.1, -0.05) is 6.07 Å². The van der Waals surface area contributed by atoms with Crippen LogP contribution in [0.4, 0.5) is 5.69 Å². The summed E-state index contributed by atoms with van der Waals surface area (Å²) in [5.74, 6) is -0.139. The molecule has 1 aromatic heterocycles. The van der Waals surface area contributed by atoms with Crippen LogP contribution in [0, 0.1) is 11.3 Å². The van der Waals surface area contributed by atoms with Gasteiger partial charge in [0.15, 0.2) is 6.61 Å². The van der Waals surface area contributed by atoms with E-state index in [1.54, 1.807) is 36.8 Å². The number of benzene rings is 1. The van der Waals surface area contributed by atoms with Gasteiger partial charge in [-0.3, -0.25) is 14.8 Å². The predicted molar refractivity (Wildman–Crippen MR) is 70.1 cm³/mol.